The van der Waals surface area contributed by atoms with Crippen molar-refractivity contribution >= 4 is 23.5 Å². The quantitative estimate of drug-likeness (QED) is 0.521. The lowest BCUT2D eigenvalue weighted by molar-refractivity contribution is 0.606. The van der Waals surface area contributed by atoms with Gasteiger partial charge in [-0.15, -0.1) is 6.58 Å². The molecule has 1 nitrogen and oxygen atoms in total. The van der Waals surface area contributed by atoms with Crippen LogP contribution in [0.15, 0.2) is 12.7 Å². The summed E-state index contributed by atoms with van der Waals surface area (Å²) in [5, 5.41) is 4.43. The molecule has 3 heteroatoms. The highest BCUT2D eigenvalue weighted by Gasteiger charge is 2.12. The van der Waals surface area contributed by atoms with Gasteiger partial charge in [0.25, 0.3) is 0 Å². The molecule has 0 aromatic carbocycles. The standard InChI is InChI=1S/C12H23NS2/c1-2-3-4-5-6-7-13-10-12-11-14-8-9-15-12/h2,12-13H,1,3-11H2. The summed E-state index contributed by atoms with van der Waals surface area (Å²) in [5.74, 6) is 4.03. The van der Waals surface area contributed by atoms with Crippen molar-refractivity contribution in [2.45, 2.75) is 30.9 Å². The van der Waals surface area contributed by atoms with E-state index < -0.39 is 0 Å². The molecular weight excluding hydrogens is 222 g/mol. The molecule has 0 radical (unpaired) electrons. The second-order valence-electron chi connectivity index (χ2n) is 3.91. The molecule has 1 atom stereocenters. The number of nitrogens with one attached hydrogen (secondary N) is 1. The molecule has 0 aliphatic carbocycles. The largest absolute Gasteiger partial charge is 0.316 e. The van der Waals surface area contributed by atoms with Gasteiger partial charge in [-0.05, 0) is 25.8 Å². The van der Waals surface area contributed by atoms with Crippen molar-refractivity contribution in [3.63, 3.8) is 0 Å². The molecule has 1 rings (SSSR count). The predicted molar refractivity (Wildman–Crippen MR) is 75.1 cm³/mol. The zero-order valence-electron chi connectivity index (χ0n) is 9.54. The van der Waals surface area contributed by atoms with E-state index in [1.54, 1.807) is 0 Å². The van der Waals surface area contributed by atoms with Crippen LogP contribution >= 0.6 is 23.5 Å². The summed E-state index contributed by atoms with van der Waals surface area (Å²) in [5.41, 5.74) is 0. The number of hydrogen-bond acceptors (Lipinski definition) is 3. The minimum absolute atomic E-state index is 0.858. The van der Waals surface area contributed by atoms with Crippen LogP contribution in [0.25, 0.3) is 0 Å². The summed E-state index contributed by atoms with van der Waals surface area (Å²) in [6.45, 7) is 6.14. The Bertz CT molecular complexity index is 156. The van der Waals surface area contributed by atoms with E-state index >= 15 is 0 Å². The highest BCUT2D eigenvalue weighted by molar-refractivity contribution is 8.06. The lowest BCUT2D eigenvalue weighted by Crippen LogP contribution is -2.29. The molecule has 0 saturated carbocycles. The number of rotatable bonds is 8. The maximum Gasteiger partial charge on any atom is 0.0263 e. The zero-order chi connectivity index (χ0) is 10.8. The predicted octanol–water partition coefficient (Wildman–Crippen LogP) is 3.17. The van der Waals surface area contributed by atoms with Crippen molar-refractivity contribution in [3.05, 3.63) is 12.7 Å². The summed E-state index contributed by atoms with van der Waals surface area (Å²) in [6, 6.07) is 0. The van der Waals surface area contributed by atoms with Gasteiger partial charge in [-0.2, -0.15) is 23.5 Å². The van der Waals surface area contributed by atoms with Crippen molar-refractivity contribution in [1.82, 2.24) is 5.32 Å². The first-order valence-electron chi connectivity index (χ1n) is 5.94. The van der Waals surface area contributed by atoms with E-state index in [4.69, 9.17) is 0 Å². The SMILES string of the molecule is C=CCCCCCNCC1CSCCS1. The molecule has 0 aromatic heterocycles. The minimum Gasteiger partial charge on any atom is -0.316 e. The van der Waals surface area contributed by atoms with Crippen LogP contribution in [0.4, 0.5) is 0 Å². The van der Waals surface area contributed by atoms with Crippen molar-refractivity contribution in [1.29, 1.82) is 0 Å². The normalized spacial score (nSPS) is 21.5. The third-order valence-corrected chi connectivity index (χ3v) is 5.36. The Balaban J connectivity index is 1.81. The van der Waals surface area contributed by atoms with Gasteiger partial charge in [0.15, 0.2) is 0 Å². The van der Waals surface area contributed by atoms with Gasteiger partial charge >= 0.3 is 0 Å². The van der Waals surface area contributed by atoms with Crippen LogP contribution in [-0.2, 0) is 0 Å². The van der Waals surface area contributed by atoms with Crippen molar-refractivity contribution in [3.8, 4) is 0 Å². The molecule has 1 saturated heterocycles. The fraction of sp³-hybridized carbons (Fsp3) is 0.833. The number of allylic oxidation sites excluding steroid dienone is 1. The third-order valence-electron chi connectivity index (χ3n) is 2.52. The van der Waals surface area contributed by atoms with E-state index in [-0.39, 0.29) is 0 Å². The van der Waals surface area contributed by atoms with Gasteiger partial charge < -0.3 is 5.32 Å². The molecule has 1 aliphatic rings. The average molecular weight is 245 g/mol. The van der Waals surface area contributed by atoms with Gasteiger partial charge in [0.1, 0.15) is 0 Å². The Labute approximate surface area is 103 Å². The summed E-state index contributed by atoms with van der Waals surface area (Å²) in [7, 11) is 0. The molecule has 0 amide bonds. The number of thioether (sulfide) groups is 2. The van der Waals surface area contributed by atoms with Gasteiger partial charge in [-0.3, -0.25) is 0 Å². The molecule has 1 N–H and O–H groups in total. The number of unbranched alkanes of at least 4 members (excludes halogenated alkanes) is 3. The molecule has 1 heterocycles. The first-order chi connectivity index (χ1) is 7.43. The Morgan fingerprint density at radius 2 is 2.20 bits per heavy atom. The van der Waals surface area contributed by atoms with Crippen LogP contribution in [0.2, 0.25) is 0 Å². The van der Waals surface area contributed by atoms with E-state index in [0.29, 0.717) is 0 Å². The van der Waals surface area contributed by atoms with Crippen LogP contribution < -0.4 is 5.32 Å². The van der Waals surface area contributed by atoms with Gasteiger partial charge in [-0.25, -0.2) is 0 Å². The Hall–Kier alpha value is 0.400. The van der Waals surface area contributed by atoms with Crippen molar-refractivity contribution in [2.24, 2.45) is 0 Å². The molecule has 0 spiro atoms. The lowest BCUT2D eigenvalue weighted by atomic mass is 10.2. The molecular formula is C12H23NS2. The average Bonchev–Trinajstić information content (AvgIpc) is 2.29. The first kappa shape index (κ1) is 13.5. The molecule has 1 aliphatic heterocycles. The van der Waals surface area contributed by atoms with Crippen LogP contribution in [-0.4, -0.2) is 35.6 Å². The smallest absolute Gasteiger partial charge is 0.0263 e. The second kappa shape index (κ2) is 9.61. The molecule has 0 aromatic rings. The third kappa shape index (κ3) is 7.31. The van der Waals surface area contributed by atoms with Crippen molar-refractivity contribution in [2.75, 3.05) is 30.3 Å². The molecule has 1 fully saturated rings. The summed E-state index contributed by atoms with van der Waals surface area (Å²) in [6.07, 6.45) is 7.15. The Morgan fingerprint density at radius 3 is 2.93 bits per heavy atom. The van der Waals surface area contributed by atoms with E-state index in [2.05, 4.69) is 35.4 Å². The van der Waals surface area contributed by atoms with E-state index in [9.17, 15) is 0 Å². The zero-order valence-corrected chi connectivity index (χ0v) is 11.2. The fourth-order valence-electron chi connectivity index (χ4n) is 1.63. The molecule has 1 unspecified atom stereocenters. The van der Waals surface area contributed by atoms with Gasteiger partial charge in [-0.1, -0.05) is 12.5 Å². The Kier molecular flexibility index (Phi) is 8.63. The van der Waals surface area contributed by atoms with Crippen LogP contribution in [0, 0.1) is 0 Å². The second-order valence-corrected chi connectivity index (χ2v) is 6.47. The van der Waals surface area contributed by atoms with Crippen LogP contribution in [0.5, 0.6) is 0 Å². The summed E-state index contributed by atoms with van der Waals surface area (Å²) >= 11 is 4.24. The van der Waals surface area contributed by atoms with Gasteiger partial charge in [0.05, 0.1) is 0 Å². The van der Waals surface area contributed by atoms with Crippen LogP contribution in [0.1, 0.15) is 25.7 Å². The lowest BCUT2D eigenvalue weighted by Gasteiger charge is -2.21. The molecule has 15 heavy (non-hydrogen) atoms. The van der Waals surface area contributed by atoms with Crippen molar-refractivity contribution < 1.29 is 0 Å². The van der Waals surface area contributed by atoms with Crippen LogP contribution in [0.3, 0.4) is 0 Å². The maximum atomic E-state index is 3.74. The van der Waals surface area contributed by atoms with E-state index in [1.807, 2.05) is 6.08 Å². The van der Waals surface area contributed by atoms with Gasteiger partial charge in [0.2, 0.25) is 0 Å². The molecule has 0 bridgehead atoms. The topological polar surface area (TPSA) is 12.0 Å². The van der Waals surface area contributed by atoms with E-state index in [1.165, 1.54) is 56.0 Å². The highest BCUT2D eigenvalue weighted by Crippen LogP contribution is 2.23. The maximum absolute atomic E-state index is 3.74. The Morgan fingerprint density at radius 1 is 1.27 bits per heavy atom. The number of hydrogen-bond donors (Lipinski definition) is 1. The minimum atomic E-state index is 0.858. The van der Waals surface area contributed by atoms with Gasteiger partial charge in [0, 0.05) is 29.1 Å². The summed E-state index contributed by atoms with van der Waals surface area (Å²) in [4.78, 5) is 0. The van der Waals surface area contributed by atoms with E-state index in [0.717, 1.165) is 5.25 Å². The monoisotopic (exact) mass is 245 g/mol. The fourth-order valence-corrected chi connectivity index (χ4v) is 4.28. The summed E-state index contributed by atoms with van der Waals surface area (Å²) < 4.78 is 0. The first-order valence-corrected chi connectivity index (χ1v) is 8.15. The highest BCUT2D eigenvalue weighted by atomic mass is 32.2. The molecule has 88 valence electrons.